The molecule has 34 heavy (non-hydrogen) atoms. The van der Waals surface area contributed by atoms with E-state index >= 15 is 0 Å². The standard InChI is InChI=1S/C24H26N8O2/c33-12-11-32-23(25-14-26-32)20-21(16-7-5-15(6-8-16)13-31-9-2-10-31)28-27-18-4-1-3-17-19(18)22(20)29-30-24(17)34/h1,3-8,14,20-21,27-28,33H,2,9-13H2,(H,30,34). The Labute approximate surface area is 195 Å². The number of benzene rings is 2. The van der Waals surface area contributed by atoms with Crippen LogP contribution < -0.4 is 16.4 Å². The molecule has 2 unspecified atom stereocenters. The van der Waals surface area contributed by atoms with Crippen LogP contribution in [0, 0.1) is 0 Å². The van der Waals surface area contributed by atoms with E-state index in [0.717, 1.165) is 36.3 Å². The Morgan fingerprint density at radius 2 is 1.97 bits per heavy atom. The van der Waals surface area contributed by atoms with Gasteiger partial charge in [0.1, 0.15) is 12.2 Å². The maximum atomic E-state index is 12.6. The molecular weight excluding hydrogens is 432 g/mol. The summed E-state index contributed by atoms with van der Waals surface area (Å²) in [5.74, 6) is 0.293. The van der Waals surface area contributed by atoms with E-state index in [1.165, 1.54) is 18.3 Å². The molecule has 2 aliphatic heterocycles. The van der Waals surface area contributed by atoms with Crippen molar-refractivity contribution in [3.8, 4) is 0 Å². The predicted molar refractivity (Wildman–Crippen MR) is 127 cm³/mol. The Kier molecular flexibility index (Phi) is 5.33. The molecule has 0 saturated carbocycles. The summed E-state index contributed by atoms with van der Waals surface area (Å²) in [6.45, 7) is 3.53. The Morgan fingerprint density at radius 1 is 1.12 bits per heavy atom. The molecule has 0 radical (unpaired) electrons. The fourth-order valence-corrected chi connectivity index (χ4v) is 4.93. The lowest BCUT2D eigenvalue weighted by molar-refractivity contribution is 0.172. The monoisotopic (exact) mass is 458 g/mol. The van der Waals surface area contributed by atoms with Gasteiger partial charge in [-0.15, -0.1) is 0 Å². The normalized spacial score (nSPS) is 20.0. The number of rotatable bonds is 6. The first-order chi connectivity index (χ1) is 16.7. The summed E-state index contributed by atoms with van der Waals surface area (Å²) < 4.78 is 1.70. The number of hydrogen-bond acceptors (Lipinski definition) is 8. The molecule has 2 aromatic heterocycles. The molecule has 2 atom stereocenters. The topological polar surface area (TPSA) is 124 Å². The molecule has 4 aromatic rings. The minimum Gasteiger partial charge on any atom is -0.394 e. The third kappa shape index (κ3) is 3.56. The molecule has 0 bridgehead atoms. The Bertz CT molecular complexity index is 1380. The van der Waals surface area contributed by atoms with Crippen molar-refractivity contribution in [2.24, 2.45) is 0 Å². The minimum atomic E-state index is -0.370. The quantitative estimate of drug-likeness (QED) is 0.343. The smallest absolute Gasteiger partial charge is 0.272 e. The average Bonchev–Trinajstić information content (AvgIpc) is 3.21. The number of hydrogen-bond donors (Lipinski definition) is 4. The van der Waals surface area contributed by atoms with Crippen molar-refractivity contribution in [1.82, 2.24) is 35.3 Å². The van der Waals surface area contributed by atoms with E-state index in [2.05, 4.69) is 60.3 Å². The summed E-state index contributed by atoms with van der Waals surface area (Å²) >= 11 is 0. The van der Waals surface area contributed by atoms with Crippen LogP contribution in [-0.2, 0) is 13.1 Å². The summed E-state index contributed by atoms with van der Waals surface area (Å²) in [5, 5.41) is 22.4. The molecule has 0 aliphatic carbocycles. The summed E-state index contributed by atoms with van der Waals surface area (Å²) in [5.41, 5.74) is 10.3. The third-order valence-corrected chi connectivity index (χ3v) is 6.76. The highest BCUT2D eigenvalue weighted by Crippen LogP contribution is 2.41. The van der Waals surface area contributed by atoms with Crippen molar-refractivity contribution >= 4 is 16.5 Å². The van der Waals surface area contributed by atoms with E-state index in [-0.39, 0.29) is 24.1 Å². The summed E-state index contributed by atoms with van der Waals surface area (Å²) in [6.07, 6.45) is 2.76. The minimum absolute atomic E-state index is 0.0598. The first kappa shape index (κ1) is 21.0. The number of H-pyrrole nitrogens is 1. The van der Waals surface area contributed by atoms with E-state index in [4.69, 9.17) is 0 Å². The highest BCUT2D eigenvalue weighted by atomic mass is 16.3. The average molecular weight is 459 g/mol. The van der Waals surface area contributed by atoms with Gasteiger partial charge in [0.15, 0.2) is 0 Å². The second kappa shape index (κ2) is 8.64. The van der Waals surface area contributed by atoms with Crippen LogP contribution in [0.4, 0.5) is 5.69 Å². The maximum Gasteiger partial charge on any atom is 0.272 e. The van der Waals surface area contributed by atoms with Gasteiger partial charge in [-0.3, -0.25) is 9.69 Å². The van der Waals surface area contributed by atoms with Crippen molar-refractivity contribution in [2.75, 3.05) is 25.1 Å². The highest BCUT2D eigenvalue weighted by Gasteiger charge is 2.36. The number of aliphatic hydroxyl groups excluding tert-OH is 1. The maximum absolute atomic E-state index is 12.6. The van der Waals surface area contributed by atoms with E-state index in [9.17, 15) is 9.90 Å². The lowest BCUT2D eigenvalue weighted by atomic mass is 9.87. The third-order valence-electron chi connectivity index (χ3n) is 6.76. The zero-order valence-corrected chi connectivity index (χ0v) is 18.6. The van der Waals surface area contributed by atoms with Crippen molar-refractivity contribution in [2.45, 2.75) is 31.5 Å². The largest absolute Gasteiger partial charge is 0.394 e. The SMILES string of the molecule is O=c1[nH]nc2c3c(cccc13)NNC(c1ccc(CN3CCC3)cc1)C2c1ncnn1CCO. The number of nitrogens with one attached hydrogen (secondary N) is 3. The zero-order valence-electron chi connectivity index (χ0n) is 18.6. The van der Waals surface area contributed by atoms with Crippen molar-refractivity contribution < 1.29 is 5.11 Å². The van der Waals surface area contributed by atoms with Crippen LogP contribution in [0.3, 0.4) is 0 Å². The van der Waals surface area contributed by atoms with Gasteiger partial charge in [0.2, 0.25) is 0 Å². The number of anilines is 1. The van der Waals surface area contributed by atoms with Gasteiger partial charge in [-0.1, -0.05) is 30.3 Å². The van der Waals surface area contributed by atoms with Crippen molar-refractivity contribution in [3.63, 3.8) is 0 Å². The number of hydrazine groups is 1. The van der Waals surface area contributed by atoms with Crippen molar-refractivity contribution in [1.29, 1.82) is 0 Å². The Morgan fingerprint density at radius 3 is 2.74 bits per heavy atom. The molecule has 10 nitrogen and oxygen atoms in total. The lowest BCUT2D eigenvalue weighted by Crippen LogP contribution is -2.36. The number of aromatic nitrogens is 5. The molecule has 0 spiro atoms. The van der Waals surface area contributed by atoms with E-state index < -0.39 is 0 Å². The van der Waals surface area contributed by atoms with Gasteiger partial charge in [-0.25, -0.2) is 20.2 Å². The van der Waals surface area contributed by atoms with Crippen LogP contribution in [-0.4, -0.2) is 54.7 Å². The fraction of sp³-hybridized carbons (Fsp3) is 0.333. The molecule has 4 heterocycles. The van der Waals surface area contributed by atoms with Crippen LogP contribution >= 0.6 is 0 Å². The molecule has 10 heteroatoms. The van der Waals surface area contributed by atoms with Crippen LogP contribution in [0.2, 0.25) is 0 Å². The zero-order chi connectivity index (χ0) is 23.1. The van der Waals surface area contributed by atoms with Crippen LogP contribution in [0.1, 0.15) is 41.0 Å². The highest BCUT2D eigenvalue weighted by molar-refractivity contribution is 5.96. The number of aliphatic hydroxyl groups is 1. The molecule has 2 aromatic carbocycles. The van der Waals surface area contributed by atoms with Gasteiger partial charge in [0, 0.05) is 11.9 Å². The Hall–Kier alpha value is -3.60. The van der Waals surface area contributed by atoms with E-state index in [1.807, 2.05) is 12.1 Å². The van der Waals surface area contributed by atoms with Gasteiger partial charge >= 0.3 is 0 Å². The van der Waals surface area contributed by atoms with E-state index in [1.54, 1.807) is 10.7 Å². The Balaban J connectivity index is 1.49. The van der Waals surface area contributed by atoms with Crippen molar-refractivity contribution in [3.05, 3.63) is 81.8 Å². The molecule has 1 fully saturated rings. The van der Waals surface area contributed by atoms with Crippen LogP contribution in [0.5, 0.6) is 0 Å². The predicted octanol–water partition coefficient (Wildman–Crippen LogP) is 1.52. The first-order valence-electron chi connectivity index (χ1n) is 11.6. The second-order valence-corrected chi connectivity index (χ2v) is 8.83. The van der Waals surface area contributed by atoms with Crippen LogP contribution in [0.25, 0.3) is 10.8 Å². The number of nitrogens with zero attached hydrogens (tertiary/aromatic N) is 5. The van der Waals surface area contributed by atoms with Gasteiger partial charge in [0.05, 0.1) is 41.9 Å². The lowest BCUT2D eigenvalue weighted by Gasteiger charge is -2.31. The van der Waals surface area contributed by atoms with E-state index in [0.29, 0.717) is 23.4 Å². The second-order valence-electron chi connectivity index (χ2n) is 8.83. The van der Waals surface area contributed by atoms with Gasteiger partial charge < -0.3 is 10.5 Å². The first-order valence-corrected chi connectivity index (χ1v) is 11.6. The molecular formula is C24H26N8O2. The molecule has 2 aliphatic rings. The van der Waals surface area contributed by atoms with Gasteiger partial charge in [-0.2, -0.15) is 10.2 Å². The van der Waals surface area contributed by atoms with Gasteiger partial charge in [-0.05, 0) is 42.8 Å². The number of likely N-dealkylation sites (tertiary alicyclic amines) is 1. The molecule has 4 N–H and O–H groups in total. The molecule has 174 valence electrons. The van der Waals surface area contributed by atoms with Crippen LogP contribution in [0.15, 0.2) is 53.6 Å². The molecule has 0 amide bonds. The van der Waals surface area contributed by atoms with Gasteiger partial charge in [0.25, 0.3) is 5.56 Å². The summed E-state index contributed by atoms with van der Waals surface area (Å²) in [7, 11) is 0. The summed E-state index contributed by atoms with van der Waals surface area (Å²) in [6, 6.07) is 13.9. The summed E-state index contributed by atoms with van der Waals surface area (Å²) in [4.78, 5) is 19.6. The molecule has 6 rings (SSSR count). The molecule has 1 saturated heterocycles. The fourth-order valence-electron chi connectivity index (χ4n) is 4.93. The number of aromatic amines is 1.